The molecule has 2 aliphatic heterocycles. The normalized spacial score (nSPS) is 28.4. The SMILES string of the molecule is COC(=O)[C@H]1CCCN1CC(=O)N1CCCC[C@H]1C. The Morgan fingerprint density at radius 2 is 1.95 bits per heavy atom. The van der Waals surface area contributed by atoms with E-state index in [0.29, 0.717) is 12.6 Å². The van der Waals surface area contributed by atoms with Crippen LogP contribution in [0.5, 0.6) is 0 Å². The van der Waals surface area contributed by atoms with Gasteiger partial charge < -0.3 is 9.64 Å². The van der Waals surface area contributed by atoms with Crippen molar-refractivity contribution in [3.63, 3.8) is 0 Å². The maximum absolute atomic E-state index is 12.4. The first-order chi connectivity index (χ1) is 9.13. The molecule has 0 radical (unpaired) electrons. The molecule has 2 fully saturated rings. The first-order valence-corrected chi connectivity index (χ1v) is 7.25. The van der Waals surface area contributed by atoms with Crippen LogP contribution in [0.1, 0.15) is 39.0 Å². The van der Waals surface area contributed by atoms with Crippen LogP contribution in [-0.2, 0) is 14.3 Å². The molecule has 2 saturated heterocycles. The third-order valence-corrected chi connectivity index (χ3v) is 4.30. The third kappa shape index (κ3) is 3.26. The number of carbonyl (C=O) groups excluding carboxylic acids is 2. The van der Waals surface area contributed by atoms with Gasteiger partial charge in [0.15, 0.2) is 0 Å². The smallest absolute Gasteiger partial charge is 0.323 e. The van der Waals surface area contributed by atoms with Crippen molar-refractivity contribution in [1.29, 1.82) is 0 Å². The summed E-state index contributed by atoms with van der Waals surface area (Å²) in [5, 5.41) is 0. The number of methoxy groups -OCH3 is 1. The minimum atomic E-state index is -0.228. The van der Waals surface area contributed by atoms with Crippen LogP contribution in [0.25, 0.3) is 0 Å². The van der Waals surface area contributed by atoms with Gasteiger partial charge in [-0.1, -0.05) is 0 Å². The van der Waals surface area contributed by atoms with E-state index in [1.807, 2.05) is 9.80 Å². The molecule has 2 rings (SSSR count). The molecule has 0 saturated carbocycles. The second-order valence-corrected chi connectivity index (χ2v) is 5.58. The van der Waals surface area contributed by atoms with Crippen molar-refractivity contribution in [1.82, 2.24) is 9.80 Å². The predicted octanol–water partition coefficient (Wildman–Crippen LogP) is 1.02. The van der Waals surface area contributed by atoms with Crippen molar-refractivity contribution in [2.24, 2.45) is 0 Å². The number of nitrogens with zero attached hydrogens (tertiary/aromatic N) is 2. The molecule has 108 valence electrons. The fraction of sp³-hybridized carbons (Fsp3) is 0.857. The van der Waals surface area contributed by atoms with Crippen molar-refractivity contribution >= 4 is 11.9 Å². The van der Waals surface area contributed by atoms with Gasteiger partial charge in [0.05, 0.1) is 13.7 Å². The second-order valence-electron chi connectivity index (χ2n) is 5.58. The molecule has 0 aliphatic carbocycles. The van der Waals surface area contributed by atoms with Gasteiger partial charge in [0, 0.05) is 12.6 Å². The standard InChI is InChI=1S/C14H24N2O3/c1-11-6-3-4-9-16(11)13(17)10-15-8-5-7-12(15)14(18)19-2/h11-12H,3-10H2,1-2H3/t11-,12-/m1/s1. The van der Waals surface area contributed by atoms with E-state index >= 15 is 0 Å². The Morgan fingerprint density at radius 3 is 2.63 bits per heavy atom. The van der Waals surface area contributed by atoms with Gasteiger partial charge in [-0.15, -0.1) is 0 Å². The van der Waals surface area contributed by atoms with E-state index in [1.165, 1.54) is 13.5 Å². The zero-order chi connectivity index (χ0) is 13.8. The molecule has 0 aromatic carbocycles. The van der Waals surface area contributed by atoms with Crippen LogP contribution in [0, 0.1) is 0 Å². The van der Waals surface area contributed by atoms with Crippen molar-refractivity contribution < 1.29 is 14.3 Å². The molecule has 2 aliphatic rings. The van der Waals surface area contributed by atoms with Crippen LogP contribution >= 0.6 is 0 Å². The minimum absolute atomic E-state index is 0.156. The summed E-state index contributed by atoms with van der Waals surface area (Å²) < 4.78 is 4.81. The first-order valence-electron chi connectivity index (χ1n) is 7.25. The number of amides is 1. The fourth-order valence-electron chi connectivity index (χ4n) is 3.15. The molecule has 2 heterocycles. The number of piperidine rings is 1. The average molecular weight is 268 g/mol. The minimum Gasteiger partial charge on any atom is -0.468 e. The summed E-state index contributed by atoms with van der Waals surface area (Å²) in [5.41, 5.74) is 0. The Kier molecular flexibility index (Phi) is 4.80. The zero-order valence-corrected chi connectivity index (χ0v) is 11.9. The molecular weight excluding hydrogens is 244 g/mol. The van der Waals surface area contributed by atoms with E-state index in [-0.39, 0.29) is 17.9 Å². The zero-order valence-electron chi connectivity index (χ0n) is 11.9. The lowest BCUT2D eigenvalue weighted by atomic mass is 10.0. The van der Waals surface area contributed by atoms with Crippen LogP contribution < -0.4 is 0 Å². The molecule has 5 heteroatoms. The number of rotatable bonds is 3. The van der Waals surface area contributed by atoms with Gasteiger partial charge in [-0.3, -0.25) is 14.5 Å². The van der Waals surface area contributed by atoms with E-state index in [9.17, 15) is 9.59 Å². The maximum atomic E-state index is 12.4. The Bertz CT molecular complexity index is 346. The molecular formula is C14H24N2O3. The summed E-state index contributed by atoms with van der Waals surface area (Å²) in [6, 6.07) is 0.106. The number of carbonyl (C=O) groups is 2. The Hall–Kier alpha value is -1.10. The second kappa shape index (κ2) is 6.37. The first kappa shape index (κ1) is 14.3. The average Bonchev–Trinajstić information content (AvgIpc) is 2.86. The monoisotopic (exact) mass is 268 g/mol. The lowest BCUT2D eigenvalue weighted by molar-refractivity contribution is -0.147. The molecule has 0 N–H and O–H groups in total. The highest BCUT2D eigenvalue weighted by Crippen LogP contribution is 2.21. The molecule has 0 spiro atoms. The molecule has 1 amide bonds. The highest BCUT2D eigenvalue weighted by molar-refractivity contribution is 5.81. The number of hydrogen-bond donors (Lipinski definition) is 0. The van der Waals surface area contributed by atoms with Crippen molar-refractivity contribution in [3.05, 3.63) is 0 Å². The quantitative estimate of drug-likeness (QED) is 0.717. The topological polar surface area (TPSA) is 49.9 Å². The predicted molar refractivity (Wildman–Crippen MR) is 71.6 cm³/mol. The van der Waals surface area contributed by atoms with Gasteiger partial charge >= 0.3 is 5.97 Å². The van der Waals surface area contributed by atoms with Gasteiger partial charge in [-0.2, -0.15) is 0 Å². The number of ether oxygens (including phenoxy) is 1. The van der Waals surface area contributed by atoms with Crippen LogP contribution in [0.3, 0.4) is 0 Å². The van der Waals surface area contributed by atoms with Crippen molar-refractivity contribution in [2.45, 2.75) is 51.1 Å². The van der Waals surface area contributed by atoms with Gasteiger partial charge in [0.1, 0.15) is 6.04 Å². The largest absolute Gasteiger partial charge is 0.468 e. The summed E-state index contributed by atoms with van der Waals surface area (Å²) in [5.74, 6) is -0.0556. The number of hydrogen-bond acceptors (Lipinski definition) is 4. The van der Waals surface area contributed by atoms with Crippen LogP contribution in [0.2, 0.25) is 0 Å². The number of esters is 1. The fourth-order valence-corrected chi connectivity index (χ4v) is 3.15. The highest BCUT2D eigenvalue weighted by atomic mass is 16.5. The lowest BCUT2D eigenvalue weighted by Gasteiger charge is -2.35. The summed E-state index contributed by atoms with van der Waals surface area (Å²) >= 11 is 0. The molecule has 0 unspecified atom stereocenters. The van der Waals surface area contributed by atoms with Gasteiger partial charge in [-0.05, 0) is 45.6 Å². The highest BCUT2D eigenvalue weighted by Gasteiger charge is 2.34. The molecule has 19 heavy (non-hydrogen) atoms. The molecule has 0 aromatic rings. The maximum Gasteiger partial charge on any atom is 0.323 e. The van der Waals surface area contributed by atoms with Gasteiger partial charge in [-0.25, -0.2) is 0 Å². The summed E-state index contributed by atoms with van der Waals surface area (Å²) in [4.78, 5) is 27.9. The Labute approximate surface area is 114 Å². The molecule has 0 bridgehead atoms. The van der Waals surface area contributed by atoms with Crippen LogP contribution in [0.4, 0.5) is 0 Å². The third-order valence-electron chi connectivity index (χ3n) is 4.30. The van der Waals surface area contributed by atoms with Crippen LogP contribution in [0.15, 0.2) is 0 Å². The Morgan fingerprint density at radius 1 is 1.16 bits per heavy atom. The summed E-state index contributed by atoms with van der Waals surface area (Å²) in [7, 11) is 1.41. The van der Waals surface area contributed by atoms with E-state index < -0.39 is 0 Å². The summed E-state index contributed by atoms with van der Waals surface area (Å²) in [6.07, 6.45) is 5.15. The van der Waals surface area contributed by atoms with Crippen LogP contribution in [-0.4, -0.2) is 60.5 Å². The van der Waals surface area contributed by atoms with Gasteiger partial charge in [0.25, 0.3) is 0 Å². The van der Waals surface area contributed by atoms with Crippen molar-refractivity contribution in [2.75, 3.05) is 26.7 Å². The molecule has 5 nitrogen and oxygen atoms in total. The van der Waals surface area contributed by atoms with Gasteiger partial charge in [0.2, 0.25) is 5.91 Å². The molecule has 0 aromatic heterocycles. The molecule has 2 atom stereocenters. The Balaban J connectivity index is 1.92. The lowest BCUT2D eigenvalue weighted by Crippen LogP contribution is -2.49. The van der Waals surface area contributed by atoms with E-state index in [1.54, 1.807) is 0 Å². The van der Waals surface area contributed by atoms with E-state index in [2.05, 4.69) is 6.92 Å². The van der Waals surface area contributed by atoms with E-state index in [0.717, 1.165) is 38.8 Å². The summed E-state index contributed by atoms with van der Waals surface area (Å²) in [6.45, 7) is 4.13. The number of likely N-dealkylation sites (tertiary alicyclic amines) is 2. The van der Waals surface area contributed by atoms with Crippen molar-refractivity contribution in [3.8, 4) is 0 Å². The van der Waals surface area contributed by atoms with E-state index in [4.69, 9.17) is 4.74 Å².